The third-order valence-electron chi connectivity index (χ3n) is 2.82. The Labute approximate surface area is 138 Å². The highest BCUT2D eigenvalue weighted by atomic mass is 16.5. The summed E-state index contributed by atoms with van der Waals surface area (Å²) < 4.78 is 4.87. The Hall–Kier alpha value is -3.47. The molecule has 0 fully saturated rings. The van der Waals surface area contributed by atoms with E-state index >= 15 is 0 Å². The van der Waals surface area contributed by atoms with Crippen molar-refractivity contribution in [2.45, 2.75) is 6.42 Å². The van der Waals surface area contributed by atoms with Gasteiger partial charge in [-0.1, -0.05) is 6.07 Å². The average Bonchev–Trinajstić information content (AvgIpc) is 2.61. The summed E-state index contributed by atoms with van der Waals surface area (Å²) in [6, 6.07) is 10.1. The maximum Gasteiger partial charge on any atom is 0.308 e. The number of nitrogens with zero attached hydrogens (tertiary/aromatic N) is 3. The minimum Gasteiger partial charge on any atom is -0.456 e. The molecule has 0 atom stereocenters. The molecule has 24 heavy (non-hydrogen) atoms. The number of carbonyl (C=O) groups excluding carboxylic acids is 2. The van der Waals surface area contributed by atoms with Crippen LogP contribution in [0.15, 0.2) is 42.7 Å². The number of anilines is 2. The molecule has 2 aromatic rings. The van der Waals surface area contributed by atoms with Crippen LogP contribution in [0.4, 0.5) is 11.6 Å². The van der Waals surface area contributed by atoms with Gasteiger partial charge in [0.25, 0.3) is 5.91 Å². The minimum atomic E-state index is -0.514. The van der Waals surface area contributed by atoms with Gasteiger partial charge in [-0.15, -0.1) is 0 Å². The summed E-state index contributed by atoms with van der Waals surface area (Å²) >= 11 is 0. The van der Waals surface area contributed by atoms with Gasteiger partial charge in [0.15, 0.2) is 6.61 Å². The second-order valence-electron chi connectivity index (χ2n) is 4.65. The summed E-state index contributed by atoms with van der Waals surface area (Å²) in [5.74, 6) is -0.572. The Bertz CT molecular complexity index is 743. The van der Waals surface area contributed by atoms with Crippen LogP contribution in [0.2, 0.25) is 0 Å². The summed E-state index contributed by atoms with van der Waals surface area (Å²) in [5.41, 5.74) is 0.900. The number of esters is 1. The number of amides is 1. The van der Waals surface area contributed by atoms with Crippen LogP contribution in [0.25, 0.3) is 0 Å². The summed E-state index contributed by atoms with van der Waals surface area (Å²) in [4.78, 5) is 31.2. The van der Waals surface area contributed by atoms with Crippen molar-refractivity contribution in [3.8, 4) is 6.07 Å². The Kier molecular flexibility index (Phi) is 6.23. The molecule has 0 aliphatic rings. The Morgan fingerprint density at radius 1 is 1.21 bits per heavy atom. The van der Waals surface area contributed by atoms with E-state index in [1.807, 2.05) is 6.07 Å². The fourth-order valence-electron chi connectivity index (χ4n) is 1.75. The van der Waals surface area contributed by atoms with E-state index in [0.29, 0.717) is 23.7 Å². The molecule has 2 rings (SSSR count). The lowest BCUT2D eigenvalue weighted by Crippen LogP contribution is -2.22. The number of aromatic nitrogens is 2. The van der Waals surface area contributed by atoms with Gasteiger partial charge in [0.05, 0.1) is 18.1 Å². The quantitative estimate of drug-likeness (QED) is 0.737. The molecule has 1 amide bonds. The van der Waals surface area contributed by atoms with Crippen molar-refractivity contribution in [2.75, 3.05) is 23.8 Å². The van der Waals surface area contributed by atoms with Crippen LogP contribution >= 0.6 is 0 Å². The highest BCUT2D eigenvalue weighted by Gasteiger charge is 2.08. The first-order valence-corrected chi connectivity index (χ1v) is 7.14. The topological polar surface area (TPSA) is 117 Å². The standard InChI is InChI=1S/C16H15N5O3/c17-10-12-3-1-4-13(9-12)21-14(22)11-24-15(23)5-8-20-16-18-6-2-7-19-16/h1-4,6-7,9H,5,8,11H2,(H,21,22)(H,18,19,20). The predicted molar refractivity (Wildman–Crippen MR) is 85.9 cm³/mol. The third kappa shape index (κ3) is 5.73. The van der Waals surface area contributed by atoms with Crippen molar-refractivity contribution in [1.29, 1.82) is 5.26 Å². The molecular weight excluding hydrogens is 310 g/mol. The Morgan fingerprint density at radius 3 is 2.75 bits per heavy atom. The van der Waals surface area contributed by atoms with Crippen molar-refractivity contribution in [1.82, 2.24) is 9.97 Å². The lowest BCUT2D eigenvalue weighted by Gasteiger charge is -2.07. The number of nitriles is 1. The number of carbonyl (C=O) groups is 2. The van der Waals surface area contributed by atoms with Crippen LogP contribution in [-0.4, -0.2) is 35.0 Å². The molecule has 0 saturated heterocycles. The SMILES string of the molecule is N#Cc1cccc(NC(=O)COC(=O)CCNc2ncccn2)c1. The van der Waals surface area contributed by atoms with Gasteiger partial charge in [0.1, 0.15) is 0 Å². The number of rotatable bonds is 7. The molecule has 0 unspecified atom stereocenters. The van der Waals surface area contributed by atoms with Gasteiger partial charge in [-0.25, -0.2) is 9.97 Å². The minimum absolute atomic E-state index is 0.0788. The molecule has 8 nitrogen and oxygen atoms in total. The second kappa shape index (κ2) is 8.85. The van der Waals surface area contributed by atoms with E-state index in [-0.39, 0.29) is 6.42 Å². The number of nitrogens with one attached hydrogen (secondary N) is 2. The van der Waals surface area contributed by atoms with Crippen LogP contribution in [0.1, 0.15) is 12.0 Å². The van der Waals surface area contributed by atoms with Crippen LogP contribution in [-0.2, 0) is 14.3 Å². The third-order valence-corrected chi connectivity index (χ3v) is 2.82. The number of hydrogen-bond acceptors (Lipinski definition) is 7. The molecule has 1 aromatic carbocycles. The molecule has 122 valence electrons. The van der Waals surface area contributed by atoms with E-state index in [1.54, 1.807) is 36.7 Å². The molecule has 0 radical (unpaired) electrons. The summed E-state index contributed by atoms with van der Waals surface area (Å²) in [5, 5.41) is 14.2. The van der Waals surface area contributed by atoms with Crippen LogP contribution < -0.4 is 10.6 Å². The fourth-order valence-corrected chi connectivity index (χ4v) is 1.75. The smallest absolute Gasteiger partial charge is 0.308 e. The van der Waals surface area contributed by atoms with Gasteiger partial charge in [-0.3, -0.25) is 9.59 Å². The molecular formula is C16H15N5O3. The zero-order valence-corrected chi connectivity index (χ0v) is 12.7. The molecule has 0 saturated carbocycles. The highest BCUT2D eigenvalue weighted by molar-refractivity contribution is 5.92. The van der Waals surface area contributed by atoms with Gasteiger partial charge in [0.2, 0.25) is 5.95 Å². The van der Waals surface area contributed by atoms with Gasteiger partial charge in [-0.05, 0) is 24.3 Å². The van der Waals surface area contributed by atoms with Gasteiger partial charge < -0.3 is 15.4 Å². The van der Waals surface area contributed by atoms with E-state index < -0.39 is 18.5 Å². The van der Waals surface area contributed by atoms with E-state index in [0.717, 1.165) is 0 Å². The van der Waals surface area contributed by atoms with Crippen LogP contribution in [0.5, 0.6) is 0 Å². The lowest BCUT2D eigenvalue weighted by molar-refractivity contribution is -0.147. The molecule has 8 heteroatoms. The summed E-state index contributed by atoms with van der Waals surface area (Å²) in [6.45, 7) is -0.0911. The first kappa shape index (κ1) is 16.9. The van der Waals surface area contributed by atoms with E-state index in [2.05, 4.69) is 20.6 Å². The lowest BCUT2D eigenvalue weighted by atomic mass is 10.2. The van der Waals surface area contributed by atoms with Crippen molar-refractivity contribution in [2.24, 2.45) is 0 Å². The fraction of sp³-hybridized carbons (Fsp3) is 0.188. The Balaban J connectivity index is 1.67. The van der Waals surface area contributed by atoms with Gasteiger partial charge in [0, 0.05) is 24.6 Å². The number of benzene rings is 1. The molecule has 0 bridgehead atoms. The largest absolute Gasteiger partial charge is 0.456 e. The Morgan fingerprint density at radius 2 is 2.00 bits per heavy atom. The molecule has 0 aliphatic heterocycles. The first-order valence-electron chi connectivity index (χ1n) is 7.14. The van der Waals surface area contributed by atoms with Gasteiger partial charge >= 0.3 is 5.97 Å². The molecule has 2 N–H and O–H groups in total. The predicted octanol–water partition coefficient (Wildman–Crippen LogP) is 1.33. The van der Waals surface area contributed by atoms with Crippen molar-refractivity contribution in [3.05, 3.63) is 48.3 Å². The van der Waals surface area contributed by atoms with E-state index in [4.69, 9.17) is 10.00 Å². The van der Waals surface area contributed by atoms with Crippen LogP contribution in [0.3, 0.4) is 0 Å². The molecule has 0 spiro atoms. The average molecular weight is 325 g/mol. The van der Waals surface area contributed by atoms with Crippen LogP contribution in [0, 0.1) is 11.3 Å². The highest BCUT2D eigenvalue weighted by Crippen LogP contribution is 2.09. The number of ether oxygens (including phenoxy) is 1. The van der Waals surface area contributed by atoms with Crippen molar-refractivity contribution < 1.29 is 14.3 Å². The van der Waals surface area contributed by atoms with Crippen molar-refractivity contribution in [3.63, 3.8) is 0 Å². The first-order chi connectivity index (χ1) is 11.7. The monoisotopic (exact) mass is 325 g/mol. The van der Waals surface area contributed by atoms with E-state index in [9.17, 15) is 9.59 Å². The summed E-state index contributed by atoms with van der Waals surface area (Å²) in [7, 11) is 0. The second-order valence-corrected chi connectivity index (χ2v) is 4.65. The number of hydrogen-bond donors (Lipinski definition) is 2. The maximum atomic E-state index is 11.7. The zero-order chi connectivity index (χ0) is 17.2. The van der Waals surface area contributed by atoms with E-state index in [1.165, 1.54) is 6.07 Å². The zero-order valence-electron chi connectivity index (χ0n) is 12.7. The molecule has 0 aliphatic carbocycles. The molecule has 1 heterocycles. The maximum absolute atomic E-state index is 11.7. The normalized spacial score (nSPS) is 9.62. The van der Waals surface area contributed by atoms with Crippen molar-refractivity contribution >= 4 is 23.5 Å². The summed E-state index contributed by atoms with van der Waals surface area (Å²) in [6.07, 6.45) is 3.24. The molecule has 1 aromatic heterocycles. The van der Waals surface area contributed by atoms with Gasteiger partial charge in [-0.2, -0.15) is 5.26 Å².